The van der Waals surface area contributed by atoms with E-state index >= 15 is 0 Å². The number of phenolic OH excluding ortho intramolecular Hbond substituents is 1. The number of carbonyl (C=O) groups excluding carboxylic acids is 2. The highest BCUT2D eigenvalue weighted by molar-refractivity contribution is 6.31. The number of halogens is 1. The predicted octanol–water partition coefficient (Wildman–Crippen LogP) is 3.30. The normalized spacial score (nSPS) is 12.2. The van der Waals surface area contributed by atoms with Crippen LogP contribution < -0.4 is 10.1 Å². The molecule has 0 aromatic heterocycles. The van der Waals surface area contributed by atoms with Gasteiger partial charge in [-0.3, -0.25) is 9.59 Å². The number of carbonyl (C=O) groups is 2. The smallest absolute Gasteiger partial charge is 0.315 e. The van der Waals surface area contributed by atoms with E-state index in [1.54, 1.807) is 24.3 Å². The van der Waals surface area contributed by atoms with Gasteiger partial charge in [0, 0.05) is 5.02 Å². The maximum atomic E-state index is 12.4. The van der Waals surface area contributed by atoms with Gasteiger partial charge in [-0.15, -0.1) is 0 Å². The molecule has 0 aliphatic rings. The van der Waals surface area contributed by atoms with E-state index in [9.17, 15) is 19.8 Å². The average molecular weight is 408 g/mol. The molecule has 0 aliphatic carbocycles. The molecule has 1 atom stereocenters. The number of rotatable bonds is 7. The predicted molar refractivity (Wildman–Crippen MR) is 104 cm³/mol. The van der Waals surface area contributed by atoms with Crippen molar-refractivity contribution in [2.75, 3.05) is 19.0 Å². The summed E-state index contributed by atoms with van der Waals surface area (Å²) in [7, 11) is 1.45. The zero-order valence-corrected chi connectivity index (χ0v) is 16.5. The number of anilines is 1. The summed E-state index contributed by atoms with van der Waals surface area (Å²) in [6.07, 6.45) is -1.23. The first-order chi connectivity index (χ1) is 13.1. The van der Waals surface area contributed by atoms with Crippen LogP contribution in [0.4, 0.5) is 5.69 Å². The van der Waals surface area contributed by atoms with Gasteiger partial charge in [-0.05, 0) is 49.7 Å². The summed E-state index contributed by atoms with van der Waals surface area (Å²) < 4.78 is 10.2. The van der Waals surface area contributed by atoms with Crippen LogP contribution in [0.2, 0.25) is 5.02 Å². The Bertz CT molecular complexity index is 868. The van der Waals surface area contributed by atoms with Crippen LogP contribution in [0.1, 0.15) is 25.5 Å². The summed E-state index contributed by atoms with van der Waals surface area (Å²) in [5.74, 6) is -0.979. The zero-order valence-electron chi connectivity index (χ0n) is 15.7. The molecular weight excluding hydrogens is 386 g/mol. The number of nitrogens with one attached hydrogen (secondary N) is 1. The molecular formula is C20H22ClNO6. The molecule has 3 N–H and O–H groups in total. The third-order valence-corrected chi connectivity index (χ3v) is 4.40. The SMILES string of the molecule is COc1ccc(Cl)cc1NC(=O)COC(=O)C(C)(C)[C@@H](O)c1cccc(O)c1. The fraction of sp³-hybridized carbons (Fsp3) is 0.300. The highest BCUT2D eigenvalue weighted by Gasteiger charge is 2.38. The minimum Gasteiger partial charge on any atom is -0.508 e. The monoisotopic (exact) mass is 407 g/mol. The van der Waals surface area contributed by atoms with E-state index in [0.717, 1.165) is 0 Å². The molecule has 1 amide bonds. The van der Waals surface area contributed by atoms with Crippen LogP contribution in [0.15, 0.2) is 42.5 Å². The van der Waals surface area contributed by atoms with E-state index in [2.05, 4.69) is 5.32 Å². The lowest BCUT2D eigenvalue weighted by Gasteiger charge is -2.28. The highest BCUT2D eigenvalue weighted by atomic mass is 35.5. The van der Waals surface area contributed by atoms with Crippen LogP contribution in [0.3, 0.4) is 0 Å². The van der Waals surface area contributed by atoms with Crippen molar-refractivity contribution in [2.45, 2.75) is 20.0 Å². The lowest BCUT2D eigenvalue weighted by molar-refractivity contribution is -0.162. The van der Waals surface area contributed by atoms with Gasteiger partial charge in [-0.25, -0.2) is 0 Å². The van der Waals surface area contributed by atoms with E-state index in [1.807, 2.05) is 0 Å². The minimum atomic E-state index is -1.35. The third kappa shape index (κ3) is 5.15. The quantitative estimate of drug-likeness (QED) is 0.608. The van der Waals surface area contributed by atoms with Crippen LogP contribution in [-0.4, -0.2) is 35.8 Å². The average Bonchev–Trinajstić information content (AvgIpc) is 2.65. The summed E-state index contributed by atoms with van der Waals surface area (Å²) in [4.78, 5) is 24.6. The van der Waals surface area contributed by atoms with Crippen molar-refractivity contribution in [1.82, 2.24) is 0 Å². The molecule has 0 aliphatic heterocycles. The van der Waals surface area contributed by atoms with Crippen molar-refractivity contribution in [1.29, 1.82) is 0 Å². The number of methoxy groups -OCH3 is 1. The summed E-state index contributed by atoms with van der Waals surface area (Å²) >= 11 is 5.91. The number of aliphatic hydroxyl groups excluding tert-OH is 1. The number of aromatic hydroxyl groups is 1. The Morgan fingerprint density at radius 1 is 1.21 bits per heavy atom. The van der Waals surface area contributed by atoms with E-state index in [-0.39, 0.29) is 5.75 Å². The molecule has 0 heterocycles. The summed E-state index contributed by atoms with van der Waals surface area (Å²) in [6.45, 7) is 2.43. The number of amides is 1. The molecule has 7 nitrogen and oxygen atoms in total. The highest BCUT2D eigenvalue weighted by Crippen LogP contribution is 2.35. The minimum absolute atomic E-state index is 0.0319. The first-order valence-corrected chi connectivity index (χ1v) is 8.80. The second-order valence-corrected chi connectivity index (χ2v) is 7.12. The van der Waals surface area contributed by atoms with E-state index in [4.69, 9.17) is 21.1 Å². The molecule has 28 heavy (non-hydrogen) atoms. The van der Waals surface area contributed by atoms with Crippen molar-refractivity contribution in [3.63, 3.8) is 0 Å². The molecule has 0 unspecified atom stereocenters. The Hall–Kier alpha value is -2.77. The van der Waals surface area contributed by atoms with Gasteiger partial charge in [-0.1, -0.05) is 23.7 Å². The lowest BCUT2D eigenvalue weighted by atomic mass is 9.82. The summed E-state index contributed by atoms with van der Waals surface area (Å²) in [5, 5.41) is 23.0. The van der Waals surface area contributed by atoms with Gasteiger partial charge in [0.2, 0.25) is 0 Å². The second kappa shape index (κ2) is 8.95. The van der Waals surface area contributed by atoms with Gasteiger partial charge >= 0.3 is 5.97 Å². The lowest BCUT2D eigenvalue weighted by Crippen LogP contribution is -2.35. The van der Waals surface area contributed by atoms with E-state index in [0.29, 0.717) is 22.0 Å². The van der Waals surface area contributed by atoms with Crippen molar-refractivity contribution >= 4 is 29.2 Å². The standard InChI is InChI=1S/C20H22ClNO6/c1-20(2,18(25)12-5-4-6-14(23)9-12)19(26)28-11-17(24)22-15-10-13(21)7-8-16(15)27-3/h4-10,18,23,25H,11H2,1-3H3,(H,22,24)/t18-/m0/s1. The number of ether oxygens (including phenoxy) is 2. The van der Waals surface area contributed by atoms with Gasteiger partial charge in [0.25, 0.3) is 5.91 Å². The van der Waals surface area contributed by atoms with Crippen molar-refractivity contribution in [2.24, 2.45) is 5.41 Å². The molecule has 0 bridgehead atoms. The van der Waals surface area contributed by atoms with Gasteiger partial charge in [0.05, 0.1) is 24.3 Å². The molecule has 2 aromatic carbocycles. The fourth-order valence-electron chi connectivity index (χ4n) is 2.50. The van der Waals surface area contributed by atoms with E-state index in [1.165, 1.54) is 39.2 Å². The number of phenols is 1. The summed E-state index contributed by atoms with van der Waals surface area (Å²) in [6, 6.07) is 10.7. The largest absolute Gasteiger partial charge is 0.508 e. The summed E-state index contributed by atoms with van der Waals surface area (Å²) in [5.41, 5.74) is -0.646. The molecule has 0 radical (unpaired) electrons. The number of aliphatic hydroxyl groups is 1. The maximum absolute atomic E-state index is 12.4. The Morgan fingerprint density at radius 3 is 2.57 bits per heavy atom. The van der Waals surface area contributed by atoms with Gasteiger partial charge in [0.15, 0.2) is 6.61 Å². The van der Waals surface area contributed by atoms with Crippen molar-refractivity contribution in [3.8, 4) is 11.5 Å². The van der Waals surface area contributed by atoms with Gasteiger partial charge < -0.3 is 25.0 Å². The number of hydrogen-bond acceptors (Lipinski definition) is 6. The van der Waals surface area contributed by atoms with Crippen molar-refractivity contribution in [3.05, 3.63) is 53.1 Å². The van der Waals surface area contributed by atoms with Crippen LogP contribution >= 0.6 is 11.6 Å². The fourth-order valence-corrected chi connectivity index (χ4v) is 2.68. The number of benzene rings is 2. The Kier molecular flexibility index (Phi) is 6.88. The Labute approximate surface area is 167 Å². The third-order valence-electron chi connectivity index (χ3n) is 4.17. The maximum Gasteiger partial charge on any atom is 0.315 e. The molecule has 150 valence electrons. The molecule has 0 fully saturated rings. The van der Waals surface area contributed by atoms with Gasteiger partial charge in [0.1, 0.15) is 11.5 Å². The van der Waals surface area contributed by atoms with Gasteiger partial charge in [-0.2, -0.15) is 0 Å². The first kappa shape index (κ1) is 21.5. The van der Waals surface area contributed by atoms with Crippen LogP contribution in [-0.2, 0) is 14.3 Å². The molecule has 2 rings (SSSR count). The van der Waals surface area contributed by atoms with Crippen LogP contribution in [0.25, 0.3) is 0 Å². The molecule has 2 aromatic rings. The Morgan fingerprint density at radius 2 is 1.93 bits per heavy atom. The first-order valence-electron chi connectivity index (χ1n) is 8.42. The van der Waals surface area contributed by atoms with Crippen molar-refractivity contribution < 1.29 is 29.3 Å². The molecule has 8 heteroatoms. The topological polar surface area (TPSA) is 105 Å². The second-order valence-electron chi connectivity index (χ2n) is 6.69. The number of hydrogen-bond donors (Lipinski definition) is 3. The van der Waals surface area contributed by atoms with Crippen LogP contribution in [0, 0.1) is 5.41 Å². The Balaban J connectivity index is 2.00. The molecule has 0 saturated heterocycles. The van der Waals surface area contributed by atoms with Crippen LogP contribution in [0.5, 0.6) is 11.5 Å². The number of esters is 1. The zero-order chi connectivity index (χ0) is 20.9. The molecule has 0 spiro atoms. The molecule has 0 saturated carbocycles. The van der Waals surface area contributed by atoms with E-state index < -0.39 is 30.0 Å².